The Morgan fingerprint density at radius 1 is 1.36 bits per heavy atom. The molecule has 0 saturated heterocycles. The first-order valence-electron chi connectivity index (χ1n) is 7.76. The Labute approximate surface area is 142 Å². The smallest absolute Gasteiger partial charge is 0.280 e. The van der Waals surface area contributed by atoms with Gasteiger partial charge in [0, 0.05) is 12.0 Å². The number of aliphatic hydroxyl groups is 1. The van der Waals surface area contributed by atoms with Crippen molar-refractivity contribution in [3.8, 4) is 5.75 Å². The summed E-state index contributed by atoms with van der Waals surface area (Å²) in [6.45, 7) is 5.99. The van der Waals surface area contributed by atoms with Gasteiger partial charge in [0.15, 0.2) is 5.65 Å². The zero-order chi connectivity index (χ0) is 18.0. The Morgan fingerprint density at radius 3 is 2.84 bits per heavy atom. The monoisotopic (exact) mass is 345 g/mol. The van der Waals surface area contributed by atoms with Crippen molar-refractivity contribution in [2.24, 2.45) is 0 Å². The number of fused-ring (bicyclic) bond motifs is 1. The van der Waals surface area contributed by atoms with Crippen molar-refractivity contribution in [3.05, 3.63) is 58.4 Å². The van der Waals surface area contributed by atoms with Crippen LogP contribution in [0, 0.1) is 0 Å². The third kappa shape index (κ3) is 3.31. The van der Waals surface area contributed by atoms with E-state index >= 15 is 0 Å². The standard InChI is InChI=1S/C18H17F2N3O2/c1-3-25-16-7-5-4-6-12(16)9-15(24)13-10-21-23-14(17(19)20)8-11(2)22-18(13)23/h4-8,10,17,24H,2-3,9H2,1H3. The highest BCUT2D eigenvalue weighted by Crippen LogP contribution is 2.21. The van der Waals surface area contributed by atoms with Crippen LogP contribution in [0.1, 0.15) is 24.6 Å². The normalized spacial score (nSPS) is 12.6. The second-order valence-corrected chi connectivity index (χ2v) is 5.43. The largest absolute Gasteiger partial charge is 0.511 e. The second kappa shape index (κ2) is 6.88. The lowest BCUT2D eigenvalue weighted by molar-refractivity contribution is 0.143. The summed E-state index contributed by atoms with van der Waals surface area (Å²) < 4.78 is 32.9. The van der Waals surface area contributed by atoms with Gasteiger partial charge in [-0.2, -0.15) is 5.10 Å². The highest BCUT2D eigenvalue weighted by molar-refractivity contribution is 5.53. The van der Waals surface area contributed by atoms with Gasteiger partial charge in [-0.25, -0.2) is 18.3 Å². The van der Waals surface area contributed by atoms with Gasteiger partial charge in [-0.05, 0) is 19.1 Å². The molecular weight excluding hydrogens is 328 g/mol. The van der Waals surface area contributed by atoms with Crippen LogP contribution < -0.4 is 15.3 Å². The molecule has 0 bridgehead atoms. The van der Waals surface area contributed by atoms with E-state index in [9.17, 15) is 13.9 Å². The highest BCUT2D eigenvalue weighted by Gasteiger charge is 2.16. The molecule has 3 rings (SSSR count). The Balaban J connectivity index is 2.13. The Kier molecular flexibility index (Phi) is 4.65. The van der Waals surface area contributed by atoms with Crippen LogP contribution in [-0.4, -0.2) is 26.3 Å². The van der Waals surface area contributed by atoms with Gasteiger partial charge in [-0.3, -0.25) is 0 Å². The molecule has 0 amide bonds. The van der Waals surface area contributed by atoms with E-state index in [1.165, 1.54) is 12.3 Å². The van der Waals surface area contributed by atoms with E-state index < -0.39 is 6.43 Å². The molecule has 1 aromatic carbocycles. The van der Waals surface area contributed by atoms with Gasteiger partial charge in [0.1, 0.15) is 17.2 Å². The molecule has 2 heterocycles. The number of ether oxygens (including phenoxy) is 1. The zero-order valence-corrected chi connectivity index (χ0v) is 13.6. The number of aliphatic hydroxyl groups excluding tert-OH is 1. The maximum absolute atomic E-state index is 13.2. The average Bonchev–Trinajstić information content (AvgIpc) is 2.99. The van der Waals surface area contributed by atoms with Gasteiger partial charge in [-0.1, -0.05) is 24.8 Å². The minimum atomic E-state index is -2.72. The summed E-state index contributed by atoms with van der Waals surface area (Å²) >= 11 is 0. The third-order valence-electron chi connectivity index (χ3n) is 3.72. The minimum Gasteiger partial charge on any atom is -0.511 e. The van der Waals surface area contributed by atoms with Crippen LogP contribution in [0.5, 0.6) is 5.75 Å². The van der Waals surface area contributed by atoms with Gasteiger partial charge in [0.05, 0.1) is 23.4 Å². The lowest BCUT2D eigenvalue weighted by Gasteiger charge is -2.09. The molecule has 0 radical (unpaired) electrons. The van der Waals surface area contributed by atoms with Crippen molar-refractivity contribution in [2.45, 2.75) is 19.8 Å². The topological polar surface area (TPSA) is 59.7 Å². The number of halogens is 2. The summed E-state index contributed by atoms with van der Waals surface area (Å²) in [6.07, 6.45) is -1.23. The van der Waals surface area contributed by atoms with Gasteiger partial charge < -0.3 is 9.84 Å². The Hall–Kier alpha value is -2.96. The number of rotatable bonds is 5. The number of nitrogens with zero attached hydrogens (tertiary/aromatic N) is 3. The zero-order valence-electron chi connectivity index (χ0n) is 13.6. The van der Waals surface area contributed by atoms with Crippen LogP contribution in [0.25, 0.3) is 18.0 Å². The first-order chi connectivity index (χ1) is 12.0. The Bertz CT molecular complexity index is 1010. The van der Waals surface area contributed by atoms with E-state index in [-0.39, 0.29) is 28.9 Å². The number of aromatic nitrogens is 3. The fraction of sp³-hybridized carbons (Fsp3) is 0.222. The van der Waals surface area contributed by atoms with Crippen molar-refractivity contribution in [3.63, 3.8) is 0 Å². The number of hydrogen-bond acceptors (Lipinski definition) is 4. The van der Waals surface area contributed by atoms with Crippen molar-refractivity contribution in [2.75, 3.05) is 6.61 Å². The van der Waals surface area contributed by atoms with Crippen LogP contribution >= 0.6 is 0 Å². The molecule has 0 aliphatic rings. The predicted molar refractivity (Wildman–Crippen MR) is 90.1 cm³/mol. The Morgan fingerprint density at radius 2 is 2.12 bits per heavy atom. The molecular formula is C18H17F2N3O2. The SMILES string of the molecule is C=c1cc(C(F)F)n2ncc(=C(O)Cc3ccccc3OCC)c2n1. The second-order valence-electron chi connectivity index (χ2n) is 5.43. The fourth-order valence-corrected chi connectivity index (χ4v) is 2.62. The number of alkyl halides is 2. The third-order valence-corrected chi connectivity index (χ3v) is 3.72. The molecule has 0 unspecified atom stereocenters. The number of hydrogen-bond donors (Lipinski definition) is 1. The highest BCUT2D eigenvalue weighted by atomic mass is 19.3. The molecule has 1 N–H and O–H groups in total. The van der Waals surface area contributed by atoms with E-state index in [1.807, 2.05) is 31.2 Å². The first-order valence-corrected chi connectivity index (χ1v) is 7.76. The molecule has 0 aliphatic carbocycles. The predicted octanol–water partition coefficient (Wildman–Crippen LogP) is 2.38. The molecule has 5 nitrogen and oxygen atoms in total. The van der Waals surface area contributed by atoms with Crippen LogP contribution in [0.15, 0.2) is 36.5 Å². The van der Waals surface area contributed by atoms with Crippen molar-refractivity contribution in [1.29, 1.82) is 0 Å². The van der Waals surface area contributed by atoms with Crippen LogP contribution in [-0.2, 0) is 6.42 Å². The van der Waals surface area contributed by atoms with E-state index in [2.05, 4.69) is 16.7 Å². The van der Waals surface area contributed by atoms with E-state index in [1.54, 1.807) is 0 Å². The summed E-state index contributed by atoms with van der Waals surface area (Å²) in [5.74, 6) is 0.632. The fourth-order valence-electron chi connectivity index (χ4n) is 2.62. The summed E-state index contributed by atoms with van der Waals surface area (Å²) in [6, 6.07) is 8.49. The van der Waals surface area contributed by atoms with Gasteiger partial charge in [-0.15, -0.1) is 0 Å². The maximum atomic E-state index is 13.2. The lowest BCUT2D eigenvalue weighted by atomic mass is 10.1. The molecule has 130 valence electrons. The van der Waals surface area contributed by atoms with Crippen molar-refractivity contribution < 1.29 is 18.6 Å². The molecule has 0 spiro atoms. The van der Waals surface area contributed by atoms with E-state index in [0.29, 0.717) is 17.6 Å². The number of benzene rings is 1. The lowest BCUT2D eigenvalue weighted by Crippen LogP contribution is -2.17. The molecule has 0 atom stereocenters. The molecule has 7 heteroatoms. The van der Waals surface area contributed by atoms with Gasteiger partial charge in [0.2, 0.25) is 0 Å². The van der Waals surface area contributed by atoms with Crippen LogP contribution in [0.4, 0.5) is 8.78 Å². The molecule has 25 heavy (non-hydrogen) atoms. The quantitative estimate of drug-likeness (QED) is 0.771. The average molecular weight is 345 g/mol. The van der Waals surface area contributed by atoms with Gasteiger partial charge in [0.25, 0.3) is 6.43 Å². The summed E-state index contributed by atoms with van der Waals surface area (Å²) in [5.41, 5.74) is 0.610. The molecule has 0 fully saturated rings. The summed E-state index contributed by atoms with van der Waals surface area (Å²) in [7, 11) is 0. The van der Waals surface area contributed by atoms with Gasteiger partial charge >= 0.3 is 0 Å². The molecule has 2 aromatic heterocycles. The van der Waals surface area contributed by atoms with Crippen LogP contribution in [0.2, 0.25) is 0 Å². The first kappa shape index (κ1) is 16.9. The minimum absolute atomic E-state index is 0.0273. The van der Waals surface area contributed by atoms with Crippen molar-refractivity contribution >= 4 is 18.0 Å². The summed E-state index contributed by atoms with van der Waals surface area (Å²) in [5, 5.41) is 14.9. The molecule has 0 aliphatic heterocycles. The summed E-state index contributed by atoms with van der Waals surface area (Å²) in [4.78, 5) is 4.14. The van der Waals surface area contributed by atoms with Crippen molar-refractivity contribution in [1.82, 2.24) is 14.6 Å². The molecule has 0 saturated carbocycles. The molecule has 3 aromatic rings. The van der Waals surface area contributed by atoms with E-state index in [0.717, 1.165) is 10.1 Å². The van der Waals surface area contributed by atoms with Crippen LogP contribution in [0.3, 0.4) is 0 Å². The van der Waals surface area contributed by atoms with E-state index in [4.69, 9.17) is 4.74 Å². The number of para-hydroxylation sites is 1. The maximum Gasteiger partial charge on any atom is 0.280 e.